The van der Waals surface area contributed by atoms with E-state index in [1.54, 1.807) is 4.90 Å². The Balaban J connectivity index is 1.88. The van der Waals surface area contributed by atoms with Crippen LogP contribution < -0.4 is 0 Å². The quantitative estimate of drug-likeness (QED) is 0.639. The zero-order valence-corrected chi connectivity index (χ0v) is 18.9. The van der Waals surface area contributed by atoms with E-state index in [0.29, 0.717) is 43.6 Å². The molecular formula is C21H30FN3O3S. The highest BCUT2D eigenvalue weighted by Crippen LogP contribution is 2.45. The summed E-state index contributed by atoms with van der Waals surface area (Å²) in [4.78, 5) is 18.4. The zero-order valence-electron chi connectivity index (χ0n) is 18.0. The summed E-state index contributed by atoms with van der Waals surface area (Å²) in [6.45, 7) is 12.1. The number of hydrogen-bond donors (Lipinski definition) is 0. The van der Waals surface area contributed by atoms with Crippen LogP contribution in [0.5, 0.6) is 0 Å². The van der Waals surface area contributed by atoms with Crippen LogP contribution in [0.1, 0.15) is 65.6 Å². The highest BCUT2D eigenvalue weighted by molar-refractivity contribution is 7.91. The van der Waals surface area contributed by atoms with E-state index in [4.69, 9.17) is 4.74 Å². The van der Waals surface area contributed by atoms with Crippen molar-refractivity contribution >= 4 is 23.2 Å². The Hall–Kier alpha value is -1.67. The van der Waals surface area contributed by atoms with Gasteiger partial charge < -0.3 is 14.2 Å². The number of piperidine rings is 1. The van der Waals surface area contributed by atoms with Gasteiger partial charge in [-0.05, 0) is 60.5 Å². The van der Waals surface area contributed by atoms with Crippen LogP contribution in [0.2, 0.25) is 0 Å². The predicted molar refractivity (Wildman–Crippen MR) is 112 cm³/mol. The number of hydrogen-bond acceptors (Lipinski definition) is 5. The Morgan fingerprint density at radius 2 is 1.90 bits per heavy atom. The summed E-state index contributed by atoms with van der Waals surface area (Å²) in [6, 6.07) is 1.44. The van der Waals surface area contributed by atoms with Crippen LogP contribution in [0.4, 0.5) is 9.18 Å². The molecule has 29 heavy (non-hydrogen) atoms. The van der Waals surface area contributed by atoms with Crippen molar-refractivity contribution in [3.05, 3.63) is 29.3 Å². The maximum Gasteiger partial charge on any atom is 0.410 e. The van der Waals surface area contributed by atoms with E-state index in [1.807, 2.05) is 41.5 Å². The molecule has 1 aromatic heterocycles. The minimum atomic E-state index is -1.47. The molecule has 0 N–H and O–H groups in total. The van der Waals surface area contributed by atoms with Crippen molar-refractivity contribution in [3.63, 3.8) is 0 Å². The summed E-state index contributed by atoms with van der Waals surface area (Å²) in [5.74, 6) is -0.429. The maximum atomic E-state index is 13.9. The van der Waals surface area contributed by atoms with Crippen LogP contribution in [-0.4, -0.2) is 49.7 Å². The number of carbonyl (C=O) groups is 1. The number of ether oxygens (including phenoxy) is 1. The van der Waals surface area contributed by atoms with Crippen molar-refractivity contribution in [2.24, 2.45) is 9.81 Å². The highest BCUT2D eigenvalue weighted by atomic mass is 32.2. The summed E-state index contributed by atoms with van der Waals surface area (Å²) >= 11 is -1.47. The fraction of sp³-hybridized carbons (Fsp3) is 0.667. The molecule has 3 rings (SSSR count). The van der Waals surface area contributed by atoms with Gasteiger partial charge in [-0.15, -0.1) is 0 Å². The standard InChI is InChI=1S/C21H30FN3O3S/c1-19(2,3)28-18(26)25-9-7-21(8-10-25)12-16-15(11-14(22)13-23-16)17(21)24-29(27)20(4,5)6/h11,13H,7-10,12H2,1-6H3/t29-/m1/s1. The van der Waals surface area contributed by atoms with Crippen molar-refractivity contribution in [1.29, 1.82) is 0 Å². The molecule has 8 heteroatoms. The van der Waals surface area contributed by atoms with Crippen LogP contribution >= 0.6 is 0 Å². The Morgan fingerprint density at radius 3 is 2.45 bits per heavy atom. The molecule has 1 fully saturated rings. The lowest BCUT2D eigenvalue weighted by Crippen LogP contribution is -2.47. The van der Waals surface area contributed by atoms with Gasteiger partial charge in [0.1, 0.15) is 33.2 Å². The first-order valence-electron chi connectivity index (χ1n) is 9.95. The van der Waals surface area contributed by atoms with Crippen molar-refractivity contribution in [2.45, 2.75) is 71.2 Å². The molecule has 0 unspecified atom stereocenters. The van der Waals surface area contributed by atoms with E-state index >= 15 is 0 Å². The highest BCUT2D eigenvalue weighted by Gasteiger charge is 2.49. The number of halogens is 1. The van der Waals surface area contributed by atoms with Gasteiger partial charge in [-0.2, -0.15) is 0 Å². The van der Waals surface area contributed by atoms with Gasteiger partial charge in [-0.1, -0.05) is 4.40 Å². The molecule has 1 atom stereocenters. The normalized spacial score (nSPS) is 21.4. The van der Waals surface area contributed by atoms with E-state index in [0.717, 1.165) is 5.69 Å². The smallest absolute Gasteiger partial charge is 0.410 e. The molecule has 6 nitrogen and oxygen atoms in total. The van der Waals surface area contributed by atoms with Crippen LogP contribution in [0.15, 0.2) is 16.7 Å². The van der Waals surface area contributed by atoms with Crippen LogP contribution in [0.25, 0.3) is 0 Å². The van der Waals surface area contributed by atoms with Gasteiger partial charge in [0.15, 0.2) is 0 Å². The average molecular weight is 424 g/mol. The van der Waals surface area contributed by atoms with Gasteiger partial charge in [0.2, 0.25) is 0 Å². The molecule has 1 spiro atoms. The lowest BCUT2D eigenvalue weighted by Gasteiger charge is -2.39. The first-order valence-corrected chi connectivity index (χ1v) is 11.1. The second-order valence-corrected chi connectivity index (χ2v) is 11.8. The molecule has 2 heterocycles. The number of aromatic nitrogens is 1. The second kappa shape index (κ2) is 7.54. The largest absolute Gasteiger partial charge is 0.591 e. The molecule has 1 saturated heterocycles. The number of fused-ring (bicyclic) bond motifs is 1. The van der Waals surface area contributed by atoms with Crippen LogP contribution in [0, 0.1) is 11.2 Å². The number of amides is 1. The van der Waals surface area contributed by atoms with Crippen LogP contribution in [-0.2, 0) is 22.5 Å². The second-order valence-electron chi connectivity index (χ2n) is 9.87. The van der Waals surface area contributed by atoms with Gasteiger partial charge in [-0.3, -0.25) is 4.98 Å². The molecular weight excluding hydrogens is 393 g/mol. The number of likely N-dealkylation sites (tertiary alicyclic amines) is 1. The molecule has 1 aliphatic heterocycles. The molecule has 1 aliphatic carbocycles. The molecule has 0 radical (unpaired) electrons. The molecule has 2 aliphatic rings. The SMILES string of the molecule is CC(C)(C)OC(=O)N1CCC2(CC1)Cc1ncc(F)cc1C2=N[S@+]([O-])C(C)(C)C. The Labute approximate surface area is 175 Å². The van der Waals surface area contributed by atoms with Gasteiger partial charge >= 0.3 is 6.09 Å². The maximum absolute atomic E-state index is 13.9. The lowest BCUT2D eigenvalue weighted by atomic mass is 9.75. The first-order chi connectivity index (χ1) is 13.3. The molecule has 0 saturated carbocycles. The fourth-order valence-electron chi connectivity index (χ4n) is 3.73. The summed E-state index contributed by atoms with van der Waals surface area (Å²) < 4.78 is 36.3. The minimum Gasteiger partial charge on any atom is -0.591 e. The van der Waals surface area contributed by atoms with E-state index < -0.39 is 27.5 Å². The number of pyridine rings is 1. The van der Waals surface area contributed by atoms with E-state index in [9.17, 15) is 13.7 Å². The molecule has 1 aromatic rings. The first kappa shape index (κ1) is 22.0. The molecule has 0 aromatic carbocycles. The molecule has 0 bridgehead atoms. The Bertz CT molecular complexity index is 821. The van der Waals surface area contributed by atoms with Crippen molar-refractivity contribution in [1.82, 2.24) is 9.88 Å². The average Bonchev–Trinajstić information content (AvgIpc) is 2.86. The summed E-state index contributed by atoms with van der Waals surface area (Å²) in [6.07, 6.45) is 2.79. The number of rotatable bonds is 1. The van der Waals surface area contributed by atoms with Crippen molar-refractivity contribution in [3.8, 4) is 0 Å². The van der Waals surface area contributed by atoms with E-state index in [1.165, 1.54) is 12.3 Å². The summed E-state index contributed by atoms with van der Waals surface area (Å²) in [7, 11) is 0. The molecule has 160 valence electrons. The Kier molecular flexibility index (Phi) is 5.73. The third kappa shape index (κ3) is 4.74. The predicted octanol–water partition coefficient (Wildman–Crippen LogP) is 4.05. The fourth-order valence-corrected chi connectivity index (χ4v) is 4.46. The lowest BCUT2D eigenvalue weighted by molar-refractivity contribution is 0.0159. The van der Waals surface area contributed by atoms with Gasteiger partial charge in [0.25, 0.3) is 0 Å². The third-order valence-electron chi connectivity index (χ3n) is 5.27. The monoisotopic (exact) mass is 423 g/mol. The van der Waals surface area contributed by atoms with E-state index in [2.05, 4.69) is 9.38 Å². The third-order valence-corrected chi connectivity index (χ3v) is 6.67. The van der Waals surface area contributed by atoms with Crippen LogP contribution in [0.3, 0.4) is 0 Å². The van der Waals surface area contributed by atoms with Crippen molar-refractivity contribution in [2.75, 3.05) is 13.1 Å². The zero-order chi connectivity index (χ0) is 21.6. The minimum absolute atomic E-state index is 0.330. The van der Waals surface area contributed by atoms with Crippen molar-refractivity contribution < 1.29 is 18.5 Å². The number of carbonyl (C=O) groups excluding carboxylic acids is 1. The topological polar surface area (TPSA) is 77.8 Å². The Morgan fingerprint density at radius 1 is 1.28 bits per heavy atom. The summed E-state index contributed by atoms with van der Waals surface area (Å²) in [5, 5.41) is 0. The van der Waals surface area contributed by atoms with Gasteiger partial charge in [0, 0.05) is 30.5 Å². The molecule has 1 amide bonds. The van der Waals surface area contributed by atoms with Gasteiger partial charge in [-0.25, -0.2) is 9.18 Å². The number of nitrogens with zero attached hydrogens (tertiary/aromatic N) is 3. The van der Waals surface area contributed by atoms with Gasteiger partial charge in [0.05, 0.1) is 11.9 Å². The van der Waals surface area contributed by atoms with E-state index in [-0.39, 0.29) is 11.5 Å². The summed E-state index contributed by atoms with van der Waals surface area (Å²) in [5.41, 5.74) is 1.16.